The Labute approximate surface area is 203 Å². The minimum Gasteiger partial charge on any atom is -0.339 e. The second-order valence-electron chi connectivity index (χ2n) is 8.38. The van der Waals surface area contributed by atoms with Gasteiger partial charge >= 0.3 is 0 Å². The molecule has 6 nitrogen and oxygen atoms in total. The van der Waals surface area contributed by atoms with Gasteiger partial charge in [-0.25, -0.2) is 4.98 Å². The zero-order chi connectivity index (χ0) is 23.5. The van der Waals surface area contributed by atoms with E-state index in [1.807, 2.05) is 12.1 Å². The van der Waals surface area contributed by atoms with Gasteiger partial charge < -0.3 is 10.2 Å². The zero-order valence-electron chi connectivity index (χ0n) is 19.3. The number of anilines is 1. The first-order valence-electron chi connectivity index (χ1n) is 11.3. The summed E-state index contributed by atoms with van der Waals surface area (Å²) in [4.78, 5) is 25.1. The van der Waals surface area contributed by atoms with E-state index in [-0.39, 0.29) is 11.6 Å². The summed E-state index contributed by atoms with van der Waals surface area (Å²) < 4.78 is 1.63. The van der Waals surface area contributed by atoms with Crippen LogP contribution < -0.4 is 15.8 Å². The smallest absolute Gasteiger partial charge is 0.255 e. The van der Waals surface area contributed by atoms with Crippen LogP contribution in [0.4, 0.5) is 5.95 Å². The maximum absolute atomic E-state index is 12.7. The molecule has 1 aliphatic heterocycles. The molecule has 172 valence electrons. The minimum absolute atomic E-state index is 0.0660. The Bertz CT molecular complexity index is 1320. The molecule has 0 amide bonds. The third-order valence-electron chi connectivity index (χ3n) is 6.28. The standard InChI is InChI=1S/C27H27N5OS/c1-31-26(33)17-24(22-11-13-28-14-12-22)30-27(31)32-16-15-29-25(18-32)21-5-3-19(4-6-21)20-7-9-23(34-2)10-8-20/h3-14,17,25,29H,15-16,18H2,1-2H3/t25-/m1/s1. The summed E-state index contributed by atoms with van der Waals surface area (Å²) in [5.74, 6) is 0.691. The average Bonchev–Trinajstić information content (AvgIpc) is 2.91. The SMILES string of the molecule is CSc1ccc(-c2ccc([C@H]3CN(c4nc(-c5ccncc5)cc(=O)n4C)CCN3)cc2)cc1. The number of piperazine rings is 1. The van der Waals surface area contributed by atoms with Gasteiger partial charge in [-0.05, 0) is 47.2 Å². The first-order valence-corrected chi connectivity index (χ1v) is 12.6. The number of thioether (sulfide) groups is 1. The highest BCUT2D eigenvalue weighted by Crippen LogP contribution is 2.27. The highest BCUT2D eigenvalue weighted by molar-refractivity contribution is 7.98. The molecule has 2 aromatic heterocycles. The molecule has 5 rings (SSSR count). The summed E-state index contributed by atoms with van der Waals surface area (Å²) in [6.07, 6.45) is 5.53. The molecule has 1 N–H and O–H groups in total. The Morgan fingerprint density at radius 2 is 1.62 bits per heavy atom. The Hall–Kier alpha value is -3.42. The van der Waals surface area contributed by atoms with E-state index in [0.717, 1.165) is 25.2 Å². The minimum atomic E-state index is -0.0660. The number of nitrogens with zero attached hydrogens (tertiary/aromatic N) is 4. The van der Waals surface area contributed by atoms with E-state index in [2.05, 4.69) is 70.0 Å². The van der Waals surface area contributed by atoms with Crippen LogP contribution in [0, 0.1) is 0 Å². The zero-order valence-corrected chi connectivity index (χ0v) is 20.1. The van der Waals surface area contributed by atoms with Gasteiger partial charge in [-0.3, -0.25) is 14.3 Å². The van der Waals surface area contributed by atoms with E-state index in [4.69, 9.17) is 4.98 Å². The maximum atomic E-state index is 12.7. The number of hydrogen-bond donors (Lipinski definition) is 1. The van der Waals surface area contributed by atoms with Crippen LogP contribution in [0.15, 0.2) is 88.8 Å². The van der Waals surface area contributed by atoms with Gasteiger partial charge in [0.05, 0.1) is 5.69 Å². The molecule has 3 heterocycles. The van der Waals surface area contributed by atoms with Gasteiger partial charge in [0.15, 0.2) is 0 Å². The van der Waals surface area contributed by atoms with Crippen LogP contribution in [0.1, 0.15) is 11.6 Å². The van der Waals surface area contributed by atoms with Gasteiger partial charge in [0, 0.05) is 61.6 Å². The van der Waals surface area contributed by atoms with Crippen molar-refractivity contribution in [3.8, 4) is 22.4 Å². The summed E-state index contributed by atoms with van der Waals surface area (Å²) in [7, 11) is 1.79. The molecule has 1 aliphatic rings. The van der Waals surface area contributed by atoms with Crippen LogP contribution in [0.5, 0.6) is 0 Å². The third kappa shape index (κ3) is 4.62. The van der Waals surface area contributed by atoms with Crippen molar-refractivity contribution >= 4 is 17.7 Å². The quantitative estimate of drug-likeness (QED) is 0.438. The van der Waals surface area contributed by atoms with Gasteiger partial charge in [-0.1, -0.05) is 36.4 Å². The molecule has 0 spiro atoms. The van der Waals surface area contributed by atoms with E-state index in [1.165, 1.54) is 21.6 Å². The van der Waals surface area contributed by atoms with Crippen LogP contribution in [0.25, 0.3) is 22.4 Å². The Balaban J connectivity index is 1.38. The van der Waals surface area contributed by atoms with Gasteiger partial charge in [0.2, 0.25) is 5.95 Å². The molecule has 7 heteroatoms. The van der Waals surface area contributed by atoms with E-state index in [0.29, 0.717) is 11.6 Å². The highest BCUT2D eigenvalue weighted by Gasteiger charge is 2.24. The lowest BCUT2D eigenvalue weighted by atomic mass is 9.99. The number of aromatic nitrogens is 3. The van der Waals surface area contributed by atoms with E-state index in [1.54, 1.807) is 41.8 Å². The molecule has 0 unspecified atom stereocenters. The lowest BCUT2D eigenvalue weighted by molar-refractivity contribution is 0.462. The van der Waals surface area contributed by atoms with Crippen molar-refractivity contribution in [2.24, 2.45) is 7.05 Å². The predicted octanol–water partition coefficient (Wildman–Crippen LogP) is 4.38. The molecule has 0 saturated carbocycles. The molecule has 0 radical (unpaired) electrons. The molecule has 2 aromatic carbocycles. The second kappa shape index (κ2) is 9.83. The van der Waals surface area contributed by atoms with Gasteiger partial charge in [0.25, 0.3) is 5.56 Å². The van der Waals surface area contributed by atoms with Crippen molar-refractivity contribution in [2.75, 3.05) is 30.8 Å². The molecule has 1 saturated heterocycles. The molecule has 0 aliphatic carbocycles. The monoisotopic (exact) mass is 469 g/mol. The summed E-state index contributed by atoms with van der Waals surface area (Å²) in [5.41, 5.74) is 5.15. The summed E-state index contributed by atoms with van der Waals surface area (Å²) >= 11 is 1.75. The molecular formula is C27H27N5OS. The Kier molecular flexibility index (Phi) is 6.47. The van der Waals surface area contributed by atoms with Gasteiger partial charge in [-0.15, -0.1) is 11.8 Å². The average molecular weight is 470 g/mol. The maximum Gasteiger partial charge on any atom is 0.255 e. The third-order valence-corrected chi connectivity index (χ3v) is 7.03. The number of pyridine rings is 1. The van der Waals surface area contributed by atoms with Crippen LogP contribution in [0.2, 0.25) is 0 Å². The van der Waals surface area contributed by atoms with E-state index in [9.17, 15) is 4.79 Å². The first-order chi connectivity index (χ1) is 16.6. The topological polar surface area (TPSA) is 63.1 Å². The predicted molar refractivity (Wildman–Crippen MR) is 139 cm³/mol. The fourth-order valence-electron chi connectivity index (χ4n) is 4.33. The van der Waals surface area contributed by atoms with Crippen molar-refractivity contribution < 1.29 is 0 Å². The van der Waals surface area contributed by atoms with Crippen LogP contribution in [0.3, 0.4) is 0 Å². The van der Waals surface area contributed by atoms with Gasteiger partial charge in [-0.2, -0.15) is 0 Å². The normalized spacial score (nSPS) is 15.9. The Morgan fingerprint density at radius 3 is 2.29 bits per heavy atom. The molecule has 4 aromatic rings. The molecule has 1 atom stereocenters. The van der Waals surface area contributed by atoms with Crippen molar-refractivity contribution in [3.63, 3.8) is 0 Å². The fourth-order valence-corrected chi connectivity index (χ4v) is 4.74. The van der Waals surface area contributed by atoms with Crippen molar-refractivity contribution in [1.29, 1.82) is 0 Å². The fraction of sp³-hybridized carbons (Fsp3) is 0.222. The lowest BCUT2D eigenvalue weighted by Gasteiger charge is -2.35. The van der Waals surface area contributed by atoms with Crippen molar-refractivity contribution in [1.82, 2.24) is 19.9 Å². The molecule has 0 bridgehead atoms. The summed E-state index contributed by atoms with van der Waals surface area (Å²) in [5, 5.41) is 3.62. The highest BCUT2D eigenvalue weighted by atomic mass is 32.2. The van der Waals surface area contributed by atoms with E-state index >= 15 is 0 Å². The van der Waals surface area contributed by atoms with Crippen LogP contribution in [-0.4, -0.2) is 40.4 Å². The van der Waals surface area contributed by atoms with Crippen molar-refractivity contribution in [2.45, 2.75) is 10.9 Å². The number of rotatable bonds is 5. The summed E-state index contributed by atoms with van der Waals surface area (Å²) in [6, 6.07) is 22.9. The largest absolute Gasteiger partial charge is 0.339 e. The molecule has 1 fully saturated rings. The Morgan fingerprint density at radius 1 is 0.941 bits per heavy atom. The lowest BCUT2D eigenvalue weighted by Crippen LogP contribution is -2.47. The molecule has 34 heavy (non-hydrogen) atoms. The van der Waals surface area contributed by atoms with Crippen molar-refractivity contribution in [3.05, 3.63) is 95.0 Å². The number of benzene rings is 2. The van der Waals surface area contributed by atoms with Crippen LogP contribution in [-0.2, 0) is 7.05 Å². The molecular weight excluding hydrogens is 442 g/mol. The van der Waals surface area contributed by atoms with Gasteiger partial charge in [0.1, 0.15) is 0 Å². The first kappa shape index (κ1) is 22.4. The van der Waals surface area contributed by atoms with Crippen LogP contribution >= 0.6 is 11.8 Å². The van der Waals surface area contributed by atoms with E-state index < -0.39 is 0 Å². The number of hydrogen-bond acceptors (Lipinski definition) is 6. The summed E-state index contributed by atoms with van der Waals surface area (Å²) in [6.45, 7) is 2.34. The number of nitrogens with one attached hydrogen (secondary N) is 1. The second-order valence-corrected chi connectivity index (χ2v) is 9.26.